The molecule has 1 aromatic carbocycles. The summed E-state index contributed by atoms with van der Waals surface area (Å²) in [6, 6.07) is 4.20. The Hall–Kier alpha value is -0.730. The quantitative estimate of drug-likeness (QED) is 0.748. The van der Waals surface area contributed by atoms with E-state index in [1.165, 1.54) is 0 Å². The molecule has 1 unspecified atom stereocenters. The van der Waals surface area contributed by atoms with Gasteiger partial charge in [0, 0.05) is 12.3 Å². The molecule has 1 aliphatic heterocycles. The van der Waals surface area contributed by atoms with E-state index in [4.69, 9.17) is 21.1 Å². The lowest BCUT2D eigenvalue weighted by Gasteiger charge is -2.28. The minimum Gasteiger partial charge on any atom is -0.487 e. The number of alkyl halides is 1. The predicted molar refractivity (Wildman–Crippen MR) is 83.7 cm³/mol. The molecule has 112 valence electrons. The second-order valence-electron chi connectivity index (χ2n) is 6.97. The normalized spacial score (nSPS) is 23.9. The molecule has 1 saturated heterocycles. The first-order valence-corrected chi connectivity index (χ1v) is 7.71. The Morgan fingerprint density at radius 2 is 1.75 bits per heavy atom. The lowest BCUT2D eigenvalue weighted by Crippen LogP contribution is -2.37. The fraction of sp³-hybridized carbons (Fsp3) is 0.647. The summed E-state index contributed by atoms with van der Waals surface area (Å²) in [5.41, 5.74) is 3.01. The molecule has 0 amide bonds. The number of aryl methyl sites for hydroxylation is 2. The maximum absolute atomic E-state index is 6.32. The lowest BCUT2D eigenvalue weighted by atomic mass is 9.96. The van der Waals surface area contributed by atoms with Crippen LogP contribution in [0.5, 0.6) is 5.75 Å². The van der Waals surface area contributed by atoms with Crippen molar-refractivity contribution < 1.29 is 9.47 Å². The standard InChI is InChI=1S/C17H25ClO2/c1-11-7-13(10-18)8-12(2)15(11)19-14-9-16(3,4)20-17(14,5)6/h7-8,14H,9-10H2,1-6H3. The molecule has 0 saturated carbocycles. The lowest BCUT2D eigenvalue weighted by molar-refractivity contribution is -0.0847. The summed E-state index contributed by atoms with van der Waals surface area (Å²) in [6.07, 6.45) is 0.965. The average molecular weight is 297 g/mol. The van der Waals surface area contributed by atoms with Gasteiger partial charge in [-0.15, -0.1) is 11.6 Å². The van der Waals surface area contributed by atoms with Crippen LogP contribution in [0.25, 0.3) is 0 Å². The zero-order valence-corrected chi connectivity index (χ0v) is 14.1. The molecule has 1 fully saturated rings. The first-order valence-electron chi connectivity index (χ1n) is 7.17. The molecule has 2 rings (SSSR count). The van der Waals surface area contributed by atoms with E-state index < -0.39 is 0 Å². The van der Waals surface area contributed by atoms with Gasteiger partial charge in [-0.05, 0) is 58.2 Å². The highest BCUT2D eigenvalue weighted by molar-refractivity contribution is 6.17. The highest BCUT2D eigenvalue weighted by Gasteiger charge is 2.47. The van der Waals surface area contributed by atoms with Gasteiger partial charge in [-0.25, -0.2) is 0 Å². The Labute approximate surface area is 127 Å². The second kappa shape index (κ2) is 5.23. The smallest absolute Gasteiger partial charge is 0.130 e. The molecule has 1 heterocycles. The van der Waals surface area contributed by atoms with Crippen molar-refractivity contribution in [2.45, 2.75) is 71.1 Å². The van der Waals surface area contributed by atoms with Crippen molar-refractivity contribution in [3.8, 4) is 5.75 Å². The number of rotatable bonds is 3. The Bertz CT molecular complexity index is 483. The summed E-state index contributed by atoms with van der Waals surface area (Å²) in [5.74, 6) is 1.51. The van der Waals surface area contributed by atoms with Crippen LogP contribution < -0.4 is 4.74 Å². The Kier molecular flexibility index (Phi) is 4.10. The van der Waals surface area contributed by atoms with Crippen LogP contribution >= 0.6 is 11.6 Å². The van der Waals surface area contributed by atoms with Gasteiger partial charge in [-0.1, -0.05) is 12.1 Å². The molecule has 0 aromatic heterocycles. The molecular weight excluding hydrogens is 272 g/mol. The molecule has 0 bridgehead atoms. The number of benzene rings is 1. The Balaban J connectivity index is 2.27. The van der Waals surface area contributed by atoms with Crippen LogP contribution in [0.4, 0.5) is 0 Å². The molecule has 0 spiro atoms. The van der Waals surface area contributed by atoms with Crippen LogP contribution in [-0.2, 0) is 10.6 Å². The second-order valence-corrected chi connectivity index (χ2v) is 7.24. The van der Waals surface area contributed by atoms with Crippen LogP contribution in [0.1, 0.15) is 50.8 Å². The van der Waals surface area contributed by atoms with Gasteiger partial charge in [0.1, 0.15) is 17.5 Å². The van der Waals surface area contributed by atoms with E-state index in [9.17, 15) is 0 Å². The highest BCUT2D eigenvalue weighted by Crippen LogP contribution is 2.40. The number of ether oxygens (including phenoxy) is 2. The minimum absolute atomic E-state index is 0.0664. The number of hydrogen-bond acceptors (Lipinski definition) is 2. The maximum Gasteiger partial charge on any atom is 0.130 e. The SMILES string of the molecule is Cc1cc(CCl)cc(C)c1OC1CC(C)(C)OC1(C)C. The monoisotopic (exact) mass is 296 g/mol. The average Bonchev–Trinajstić information content (AvgIpc) is 2.51. The van der Waals surface area contributed by atoms with Gasteiger partial charge in [0.15, 0.2) is 0 Å². The summed E-state index contributed by atoms with van der Waals surface area (Å²) in [5, 5.41) is 0. The van der Waals surface area contributed by atoms with Crippen molar-refractivity contribution in [1.82, 2.24) is 0 Å². The van der Waals surface area contributed by atoms with Crippen LogP contribution in [0, 0.1) is 13.8 Å². The first-order chi connectivity index (χ1) is 9.14. The van der Waals surface area contributed by atoms with Crippen LogP contribution in [0.2, 0.25) is 0 Å². The van der Waals surface area contributed by atoms with E-state index in [0.29, 0.717) is 5.88 Å². The maximum atomic E-state index is 6.32. The number of halogens is 1. The van der Waals surface area contributed by atoms with Crippen LogP contribution in [0.3, 0.4) is 0 Å². The highest BCUT2D eigenvalue weighted by atomic mass is 35.5. The molecule has 3 heteroatoms. The van der Waals surface area contributed by atoms with Crippen molar-refractivity contribution in [1.29, 1.82) is 0 Å². The molecule has 20 heavy (non-hydrogen) atoms. The third kappa shape index (κ3) is 3.12. The summed E-state index contributed by atoms with van der Waals surface area (Å²) < 4.78 is 12.4. The van der Waals surface area contributed by atoms with Gasteiger partial charge in [0.05, 0.1) is 5.60 Å². The van der Waals surface area contributed by atoms with E-state index in [2.05, 4.69) is 53.7 Å². The summed E-state index contributed by atoms with van der Waals surface area (Å²) in [6.45, 7) is 12.6. The molecule has 1 aromatic rings. The molecule has 0 radical (unpaired) electrons. The minimum atomic E-state index is -0.270. The molecular formula is C17H25ClO2. The predicted octanol–water partition coefficient (Wildman–Crippen LogP) is 4.77. The van der Waals surface area contributed by atoms with E-state index in [-0.39, 0.29) is 17.3 Å². The fourth-order valence-electron chi connectivity index (χ4n) is 3.14. The van der Waals surface area contributed by atoms with E-state index >= 15 is 0 Å². The van der Waals surface area contributed by atoms with Gasteiger partial charge in [0.25, 0.3) is 0 Å². The van der Waals surface area contributed by atoms with E-state index in [0.717, 1.165) is 28.9 Å². The van der Waals surface area contributed by atoms with Gasteiger partial charge < -0.3 is 9.47 Å². The van der Waals surface area contributed by atoms with Crippen LogP contribution in [0.15, 0.2) is 12.1 Å². The molecule has 0 aliphatic carbocycles. The first kappa shape index (κ1) is 15.7. The fourth-order valence-corrected chi connectivity index (χ4v) is 3.29. The largest absolute Gasteiger partial charge is 0.487 e. The van der Waals surface area contributed by atoms with Crippen molar-refractivity contribution in [3.05, 3.63) is 28.8 Å². The van der Waals surface area contributed by atoms with E-state index in [1.807, 2.05) is 0 Å². The Morgan fingerprint density at radius 3 is 2.15 bits per heavy atom. The zero-order chi connectivity index (χ0) is 15.1. The molecule has 1 atom stereocenters. The summed E-state index contributed by atoms with van der Waals surface area (Å²) in [7, 11) is 0. The summed E-state index contributed by atoms with van der Waals surface area (Å²) >= 11 is 5.92. The molecule has 0 N–H and O–H groups in total. The third-order valence-corrected chi connectivity index (χ3v) is 4.23. The topological polar surface area (TPSA) is 18.5 Å². The zero-order valence-electron chi connectivity index (χ0n) is 13.3. The Morgan fingerprint density at radius 1 is 1.20 bits per heavy atom. The third-order valence-electron chi connectivity index (χ3n) is 3.93. The summed E-state index contributed by atoms with van der Waals surface area (Å²) in [4.78, 5) is 0. The van der Waals surface area contributed by atoms with Gasteiger partial charge >= 0.3 is 0 Å². The molecule has 2 nitrogen and oxygen atoms in total. The van der Waals surface area contributed by atoms with Crippen molar-refractivity contribution in [3.63, 3.8) is 0 Å². The van der Waals surface area contributed by atoms with Crippen molar-refractivity contribution in [2.24, 2.45) is 0 Å². The van der Waals surface area contributed by atoms with Gasteiger partial charge in [-0.3, -0.25) is 0 Å². The van der Waals surface area contributed by atoms with Crippen molar-refractivity contribution in [2.75, 3.05) is 0 Å². The van der Waals surface area contributed by atoms with Crippen molar-refractivity contribution >= 4 is 11.6 Å². The number of hydrogen-bond donors (Lipinski definition) is 0. The van der Waals surface area contributed by atoms with Gasteiger partial charge in [0.2, 0.25) is 0 Å². The van der Waals surface area contributed by atoms with Crippen LogP contribution in [-0.4, -0.2) is 17.3 Å². The van der Waals surface area contributed by atoms with Gasteiger partial charge in [-0.2, -0.15) is 0 Å². The molecule has 1 aliphatic rings. The van der Waals surface area contributed by atoms with E-state index in [1.54, 1.807) is 0 Å².